The largest absolute Gasteiger partial charge is 0.480 e. The van der Waals surface area contributed by atoms with Crippen LogP contribution in [0.1, 0.15) is 12.1 Å². The highest BCUT2D eigenvalue weighted by Crippen LogP contribution is 2.15. The number of nitrogens with one attached hydrogen (secondary N) is 1. The first-order valence-corrected chi connectivity index (χ1v) is 7.53. The summed E-state index contributed by atoms with van der Waals surface area (Å²) in [5.74, 6) is -1.09. The number of rotatable bonds is 7. The van der Waals surface area contributed by atoms with Crippen molar-refractivity contribution in [3.63, 3.8) is 0 Å². The number of carboxylic acid groups (broad SMARTS) is 1. The summed E-state index contributed by atoms with van der Waals surface area (Å²) in [5, 5.41) is 20.1. The minimum absolute atomic E-state index is 0.0967. The molecule has 8 heteroatoms. The number of para-hydroxylation sites is 1. The Morgan fingerprint density at radius 2 is 2.04 bits per heavy atom. The van der Waals surface area contributed by atoms with E-state index in [-0.39, 0.29) is 19.0 Å². The first-order chi connectivity index (χ1) is 11.6. The van der Waals surface area contributed by atoms with Gasteiger partial charge in [-0.3, -0.25) is 9.59 Å². The zero-order valence-corrected chi connectivity index (χ0v) is 12.9. The van der Waals surface area contributed by atoms with Crippen LogP contribution in [0.3, 0.4) is 0 Å². The molecule has 2 N–H and O–H groups in total. The average Bonchev–Trinajstić information content (AvgIpc) is 3.17. The second-order valence-corrected chi connectivity index (χ2v) is 5.40. The molecule has 2 aromatic heterocycles. The van der Waals surface area contributed by atoms with E-state index in [1.54, 1.807) is 0 Å². The van der Waals surface area contributed by atoms with Gasteiger partial charge < -0.3 is 15.0 Å². The molecule has 0 aliphatic heterocycles. The van der Waals surface area contributed by atoms with E-state index in [1.807, 2.05) is 41.1 Å². The molecule has 0 saturated heterocycles. The van der Waals surface area contributed by atoms with Crippen LogP contribution in [0.5, 0.6) is 0 Å². The Morgan fingerprint density at radius 1 is 1.21 bits per heavy atom. The van der Waals surface area contributed by atoms with Crippen LogP contribution in [0.25, 0.3) is 10.9 Å². The normalized spacial score (nSPS) is 10.8. The van der Waals surface area contributed by atoms with Crippen molar-refractivity contribution in [3.05, 3.63) is 48.4 Å². The molecule has 0 fully saturated rings. The number of carboxylic acids is 1. The Morgan fingerprint density at radius 3 is 2.88 bits per heavy atom. The zero-order chi connectivity index (χ0) is 16.9. The van der Waals surface area contributed by atoms with Crippen molar-refractivity contribution in [3.8, 4) is 0 Å². The number of hydrogen-bond donors (Lipinski definition) is 2. The molecule has 0 unspecified atom stereocenters. The molecule has 0 spiro atoms. The molecule has 0 bridgehead atoms. The summed E-state index contributed by atoms with van der Waals surface area (Å²) >= 11 is 0. The number of amides is 1. The molecule has 124 valence electrons. The summed E-state index contributed by atoms with van der Waals surface area (Å²) in [5.41, 5.74) is 1.62. The van der Waals surface area contributed by atoms with Gasteiger partial charge in [-0.2, -0.15) is 0 Å². The maximum atomic E-state index is 12.0. The van der Waals surface area contributed by atoms with Gasteiger partial charge in [0.25, 0.3) is 0 Å². The van der Waals surface area contributed by atoms with Gasteiger partial charge in [0.15, 0.2) is 0 Å². The molecule has 3 rings (SSSR count). The average molecular weight is 327 g/mol. The minimum Gasteiger partial charge on any atom is -0.480 e. The topological polar surface area (TPSA) is 102 Å². The van der Waals surface area contributed by atoms with E-state index in [2.05, 4.69) is 15.6 Å². The Balaban J connectivity index is 1.49. The van der Waals surface area contributed by atoms with E-state index in [9.17, 15) is 9.59 Å². The lowest BCUT2D eigenvalue weighted by atomic mass is 10.2. The van der Waals surface area contributed by atoms with E-state index in [0.717, 1.165) is 10.9 Å². The van der Waals surface area contributed by atoms with Gasteiger partial charge in [0.05, 0.1) is 12.7 Å². The van der Waals surface area contributed by atoms with Crippen molar-refractivity contribution in [2.45, 2.75) is 26.1 Å². The monoisotopic (exact) mass is 327 g/mol. The number of hydrogen-bond acceptors (Lipinski definition) is 4. The molecule has 0 radical (unpaired) electrons. The predicted molar refractivity (Wildman–Crippen MR) is 86.1 cm³/mol. The van der Waals surface area contributed by atoms with Crippen LogP contribution in [-0.2, 0) is 29.2 Å². The molecule has 2 heterocycles. The van der Waals surface area contributed by atoms with Crippen LogP contribution in [0, 0.1) is 0 Å². The molecule has 0 aliphatic rings. The Kier molecular flexibility index (Phi) is 4.55. The maximum absolute atomic E-state index is 12.0. The second kappa shape index (κ2) is 6.95. The number of nitrogens with zero attached hydrogens (tertiary/aromatic N) is 4. The minimum atomic E-state index is -0.991. The molecular weight excluding hydrogens is 310 g/mol. The molecule has 0 aliphatic carbocycles. The van der Waals surface area contributed by atoms with Crippen LogP contribution < -0.4 is 5.32 Å². The quantitative estimate of drug-likeness (QED) is 0.674. The van der Waals surface area contributed by atoms with Crippen LogP contribution in [-0.4, -0.2) is 36.5 Å². The van der Waals surface area contributed by atoms with E-state index >= 15 is 0 Å². The lowest BCUT2D eigenvalue weighted by molar-refractivity contribution is -0.138. The van der Waals surface area contributed by atoms with E-state index < -0.39 is 5.97 Å². The lowest BCUT2D eigenvalue weighted by Gasteiger charge is -2.06. The van der Waals surface area contributed by atoms with Crippen molar-refractivity contribution in [1.29, 1.82) is 0 Å². The summed E-state index contributed by atoms with van der Waals surface area (Å²) < 4.78 is 3.26. The van der Waals surface area contributed by atoms with Crippen LogP contribution >= 0.6 is 0 Å². The molecule has 0 atom stereocenters. The van der Waals surface area contributed by atoms with Crippen molar-refractivity contribution in [1.82, 2.24) is 24.9 Å². The number of fused-ring (bicyclic) bond motifs is 1. The zero-order valence-electron chi connectivity index (χ0n) is 12.9. The van der Waals surface area contributed by atoms with Gasteiger partial charge in [0.2, 0.25) is 5.91 Å². The van der Waals surface area contributed by atoms with Gasteiger partial charge in [-0.1, -0.05) is 23.4 Å². The summed E-state index contributed by atoms with van der Waals surface area (Å²) in [6.07, 6.45) is 3.82. The van der Waals surface area contributed by atoms with Crippen LogP contribution in [0.15, 0.2) is 42.7 Å². The Bertz CT molecular complexity index is 867. The Labute approximate surface area is 137 Å². The van der Waals surface area contributed by atoms with Gasteiger partial charge >= 0.3 is 5.97 Å². The maximum Gasteiger partial charge on any atom is 0.325 e. The summed E-state index contributed by atoms with van der Waals surface area (Å²) in [6, 6.07) is 10.0. The van der Waals surface area contributed by atoms with Crippen molar-refractivity contribution in [2.75, 3.05) is 0 Å². The van der Waals surface area contributed by atoms with Crippen molar-refractivity contribution < 1.29 is 14.7 Å². The highest BCUT2D eigenvalue weighted by molar-refractivity contribution is 5.80. The third-order valence-electron chi connectivity index (χ3n) is 3.61. The van der Waals surface area contributed by atoms with Gasteiger partial charge in [0.1, 0.15) is 12.2 Å². The fourth-order valence-electron chi connectivity index (χ4n) is 2.47. The number of carbonyl (C=O) groups excluding carboxylic acids is 1. The first-order valence-electron chi connectivity index (χ1n) is 7.53. The highest BCUT2D eigenvalue weighted by Gasteiger charge is 2.07. The number of benzene rings is 1. The molecule has 0 saturated carbocycles. The van der Waals surface area contributed by atoms with Gasteiger partial charge in [0, 0.05) is 24.7 Å². The number of carbonyl (C=O) groups is 2. The number of aryl methyl sites for hydroxylation is 1. The lowest BCUT2D eigenvalue weighted by Crippen LogP contribution is -2.24. The van der Waals surface area contributed by atoms with Crippen molar-refractivity contribution in [2.24, 2.45) is 0 Å². The fourth-order valence-corrected chi connectivity index (χ4v) is 2.47. The van der Waals surface area contributed by atoms with E-state index in [1.165, 1.54) is 10.9 Å². The summed E-state index contributed by atoms with van der Waals surface area (Å²) in [4.78, 5) is 22.5. The second-order valence-electron chi connectivity index (χ2n) is 5.40. The first kappa shape index (κ1) is 15.7. The third kappa shape index (κ3) is 3.78. The number of aliphatic carboxylic acids is 1. The SMILES string of the molecule is O=C(O)Cn1cc(CNC(=O)CCn2ccc3ccccc32)nn1. The van der Waals surface area contributed by atoms with Gasteiger partial charge in [-0.05, 0) is 17.5 Å². The molecule has 1 aromatic carbocycles. The molecule has 3 aromatic rings. The Hall–Kier alpha value is -3.16. The van der Waals surface area contributed by atoms with Crippen LogP contribution in [0.4, 0.5) is 0 Å². The molecule has 1 amide bonds. The third-order valence-corrected chi connectivity index (χ3v) is 3.61. The standard InChI is InChI=1S/C16H17N5O3/c22-15(17-9-13-10-21(19-18-13)11-16(23)24)6-8-20-7-5-12-3-1-2-4-14(12)20/h1-5,7,10H,6,8-9,11H2,(H,17,22)(H,23,24). The molecular formula is C16H17N5O3. The highest BCUT2D eigenvalue weighted by atomic mass is 16.4. The van der Waals surface area contributed by atoms with Gasteiger partial charge in [-0.15, -0.1) is 5.10 Å². The van der Waals surface area contributed by atoms with E-state index in [0.29, 0.717) is 18.7 Å². The summed E-state index contributed by atoms with van der Waals surface area (Å²) in [6.45, 7) is 0.567. The smallest absolute Gasteiger partial charge is 0.325 e. The van der Waals surface area contributed by atoms with Crippen molar-refractivity contribution >= 4 is 22.8 Å². The predicted octanol–water partition coefficient (Wildman–Crippen LogP) is 1.02. The van der Waals surface area contributed by atoms with Crippen LogP contribution in [0.2, 0.25) is 0 Å². The molecule has 24 heavy (non-hydrogen) atoms. The molecule has 8 nitrogen and oxygen atoms in total. The van der Waals surface area contributed by atoms with Gasteiger partial charge in [-0.25, -0.2) is 4.68 Å². The fraction of sp³-hybridized carbons (Fsp3) is 0.250. The van der Waals surface area contributed by atoms with E-state index in [4.69, 9.17) is 5.11 Å². The number of aromatic nitrogens is 4. The summed E-state index contributed by atoms with van der Waals surface area (Å²) in [7, 11) is 0.